The van der Waals surface area contributed by atoms with E-state index in [0.717, 1.165) is 5.56 Å². The molecule has 2 heterocycles. The summed E-state index contributed by atoms with van der Waals surface area (Å²) in [5, 5.41) is 2.50. The van der Waals surface area contributed by atoms with Gasteiger partial charge in [0.15, 0.2) is 0 Å². The van der Waals surface area contributed by atoms with Crippen molar-refractivity contribution in [3.8, 4) is 0 Å². The van der Waals surface area contributed by atoms with E-state index in [0.29, 0.717) is 18.9 Å². The molecule has 1 amide bonds. The van der Waals surface area contributed by atoms with Crippen molar-refractivity contribution in [1.82, 2.24) is 9.97 Å². The van der Waals surface area contributed by atoms with Crippen LogP contribution in [0.5, 0.6) is 0 Å². The van der Waals surface area contributed by atoms with Crippen molar-refractivity contribution < 1.29 is 14.3 Å². The summed E-state index contributed by atoms with van der Waals surface area (Å²) in [7, 11) is 0. The molecule has 0 atom stereocenters. The van der Waals surface area contributed by atoms with Gasteiger partial charge in [-0.2, -0.15) is 0 Å². The van der Waals surface area contributed by atoms with E-state index in [4.69, 9.17) is 9.47 Å². The molecule has 0 bridgehead atoms. The second kappa shape index (κ2) is 7.46. The quantitative estimate of drug-likeness (QED) is 0.854. The van der Waals surface area contributed by atoms with Gasteiger partial charge in [-0.05, 0) is 11.6 Å². The Balaban J connectivity index is 1.52. The van der Waals surface area contributed by atoms with E-state index >= 15 is 0 Å². The van der Waals surface area contributed by atoms with Crippen LogP contribution in [0.15, 0.2) is 47.6 Å². The van der Waals surface area contributed by atoms with Crippen molar-refractivity contribution in [3.63, 3.8) is 0 Å². The van der Waals surface area contributed by atoms with Gasteiger partial charge in [0.1, 0.15) is 6.61 Å². The SMILES string of the molecule is O=C(Nc1nccc(C=NC2COC2)n1)OCc1ccccc1. The van der Waals surface area contributed by atoms with E-state index in [1.807, 2.05) is 30.3 Å². The zero-order valence-corrected chi connectivity index (χ0v) is 12.4. The van der Waals surface area contributed by atoms with Gasteiger partial charge in [-0.15, -0.1) is 0 Å². The number of amides is 1. The van der Waals surface area contributed by atoms with Gasteiger partial charge >= 0.3 is 6.09 Å². The van der Waals surface area contributed by atoms with Crippen LogP contribution in [-0.4, -0.2) is 41.5 Å². The van der Waals surface area contributed by atoms with Crippen LogP contribution in [0.25, 0.3) is 0 Å². The van der Waals surface area contributed by atoms with Gasteiger partial charge < -0.3 is 9.47 Å². The third-order valence-electron chi connectivity index (χ3n) is 3.14. The van der Waals surface area contributed by atoms with Crippen molar-refractivity contribution in [1.29, 1.82) is 0 Å². The van der Waals surface area contributed by atoms with Gasteiger partial charge in [-0.3, -0.25) is 10.3 Å². The van der Waals surface area contributed by atoms with Crippen LogP contribution in [0.2, 0.25) is 0 Å². The number of aromatic nitrogens is 2. The Bertz CT molecular complexity index is 687. The van der Waals surface area contributed by atoms with Crippen LogP contribution >= 0.6 is 0 Å². The van der Waals surface area contributed by atoms with Gasteiger partial charge in [0.05, 0.1) is 24.9 Å². The van der Waals surface area contributed by atoms with Crippen molar-refractivity contribution in [2.45, 2.75) is 12.6 Å². The third-order valence-corrected chi connectivity index (χ3v) is 3.14. The summed E-state index contributed by atoms with van der Waals surface area (Å²) in [5.74, 6) is 0.178. The maximum absolute atomic E-state index is 11.8. The first-order chi connectivity index (χ1) is 11.3. The van der Waals surface area contributed by atoms with Crippen LogP contribution < -0.4 is 5.32 Å². The monoisotopic (exact) mass is 312 g/mol. The van der Waals surface area contributed by atoms with Crippen LogP contribution in [0.3, 0.4) is 0 Å². The fraction of sp³-hybridized carbons (Fsp3) is 0.250. The molecule has 0 aliphatic carbocycles. The van der Waals surface area contributed by atoms with E-state index in [9.17, 15) is 4.79 Å². The van der Waals surface area contributed by atoms with Crippen molar-refractivity contribution >= 4 is 18.3 Å². The lowest BCUT2D eigenvalue weighted by atomic mass is 10.2. The molecule has 7 heteroatoms. The predicted octanol–water partition coefficient (Wildman–Crippen LogP) is 2.04. The van der Waals surface area contributed by atoms with Crippen molar-refractivity contribution in [3.05, 3.63) is 53.9 Å². The average Bonchev–Trinajstić information content (AvgIpc) is 2.53. The van der Waals surface area contributed by atoms with Crippen LogP contribution in [0.4, 0.5) is 10.7 Å². The van der Waals surface area contributed by atoms with E-state index in [1.165, 1.54) is 0 Å². The smallest absolute Gasteiger partial charge is 0.414 e. The standard InChI is InChI=1S/C16H16N4O3/c21-16(23-9-12-4-2-1-3-5-12)20-15-17-7-6-13(19-15)8-18-14-10-22-11-14/h1-8,14H,9-11H2,(H,17,19,20,21). The van der Waals surface area contributed by atoms with E-state index in [-0.39, 0.29) is 18.6 Å². The highest BCUT2D eigenvalue weighted by Crippen LogP contribution is 2.06. The molecule has 7 nitrogen and oxygen atoms in total. The topological polar surface area (TPSA) is 85.7 Å². The lowest BCUT2D eigenvalue weighted by Gasteiger charge is -2.21. The van der Waals surface area contributed by atoms with Crippen LogP contribution in [-0.2, 0) is 16.1 Å². The Morgan fingerprint density at radius 2 is 2.17 bits per heavy atom. The zero-order valence-electron chi connectivity index (χ0n) is 12.4. The predicted molar refractivity (Wildman–Crippen MR) is 84.5 cm³/mol. The molecule has 1 aliphatic heterocycles. The molecule has 1 aliphatic rings. The number of anilines is 1. The fourth-order valence-corrected chi connectivity index (χ4v) is 1.85. The average molecular weight is 312 g/mol. The molecule has 3 rings (SSSR count). The normalized spacial score (nSPS) is 14.4. The number of benzene rings is 1. The number of rotatable bonds is 5. The lowest BCUT2D eigenvalue weighted by Crippen LogP contribution is -2.31. The second-order valence-corrected chi connectivity index (χ2v) is 4.96. The molecule has 1 fully saturated rings. The number of carbonyl (C=O) groups is 1. The van der Waals surface area contributed by atoms with Gasteiger partial charge in [0, 0.05) is 12.4 Å². The highest BCUT2D eigenvalue weighted by molar-refractivity contribution is 5.83. The largest absolute Gasteiger partial charge is 0.444 e. The number of aliphatic imine (C=N–C) groups is 1. The molecular weight excluding hydrogens is 296 g/mol. The molecule has 23 heavy (non-hydrogen) atoms. The number of ether oxygens (including phenoxy) is 2. The Morgan fingerprint density at radius 3 is 2.91 bits per heavy atom. The van der Waals surface area contributed by atoms with E-state index < -0.39 is 6.09 Å². The molecule has 1 N–H and O–H groups in total. The van der Waals surface area contributed by atoms with Gasteiger partial charge in [0.2, 0.25) is 5.95 Å². The number of carbonyl (C=O) groups excluding carboxylic acids is 1. The highest BCUT2D eigenvalue weighted by Gasteiger charge is 2.15. The first-order valence-corrected chi connectivity index (χ1v) is 7.21. The number of hydrogen-bond acceptors (Lipinski definition) is 6. The summed E-state index contributed by atoms with van der Waals surface area (Å²) < 4.78 is 10.2. The number of hydrogen-bond donors (Lipinski definition) is 1. The maximum atomic E-state index is 11.8. The summed E-state index contributed by atoms with van der Waals surface area (Å²) in [6.45, 7) is 1.46. The van der Waals surface area contributed by atoms with Gasteiger partial charge in [0.25, 0.3) is 0 Å². The van der Waals surface area contributed by atoms with Gasteiger partial charge in [-0.1, -0.05) is 30.3 Å². The summed E-state index contributed by atoms with van der Waals surface area (Å²) in [4.78, 5) is 24.2. The molecule has 0 spiro atoms. The molecule has 1 saturated heterocycles. The van der Waals surface area contributed by atoms with Crippen molar-refractivity contribution in [2.24, 2.45) is 4.99 Å². The van der Waals surface area contributed by atoms with E-state index in [2.05, 4.69) is 20.3 Å². The highest BCUT2D eigenvalue weighted by atomic mass is 16.5. The zero-order chi connectivity index (χ0) is 15.9. The lowest BCUT2D eigenvalue weighted by molar-refractivity contribution is 0.0135. The fourth-order valence-electron chi connectivity index (χ4n) is 1.85. The first-order valence-electron chi connectivity index (χ1n) is 7.21. The minimum atomic E-state index is -0.602. The Labute approximate surface area is 133 Å². The Kier molecular flexibility index (Phi) is 4.90. The molecule has 0 saturated carbocycles. The molecule has 2 aromatic rings. The third kappa shape index (κ3) is 4.58. The van der Waals surface area contributed by atoms with Gasteiger partial charge in [-0.25, -0.2) is 14.8 Å². The minimum absolute atomic E-state index is 0.178. The Hall–Kier alpha value is -2.80. The summed E-state index contributed by atoms with van der Waals surface area (Å²) in [6.07, 6.45) is 2.60. The van der Waals surface area contributed by atoms with E-state index in [1.54, 1.807) is 18.5 Å². The van der Waals surface area contributed by atoms with Crippen LogP contribution in [0.1, 0.15) is 11.3 Å². The number of nitrogens with one attached hydrogen (secondary N) is 1. The van der Waals surface area contributed by atoms with Crippen LogP contribution in [0, 0.1) is 0 Å². The molecule has 0 unspecified atom stereocenters. The first kappa shape index (κ1) is 15.1. The second-order valence-electron chi connectivity index (χ2n) is 4.96. The van der Waals surface area contributed by atoms with Crippen molar-refractivity contribution in [2.75, 3.05) is 18.5 Å². The molecule has 118 valence electrons. The number of nitrogens with zero attached hydrogens (tertiary/aromatic N) is 3. The summed E-state index contributed by atoms with van der Waals surface area (Å²) in [6, 6.07) is 11.3. The molecule has 0 radical (unpaired) electrons. The summed E-state index contributed by atoms with van der Waals surface area (Å²) >= 11 is 0. The minimum Gasteiger partial charge on any atom is -0.444 e. The Morgan fingerprint density at radius 1 is 1.35 bits per heavy atom. The molecule has 1 aromatic carbocycles. The molecule has 1 aromatic heterocycles. The summed E-state index contributed by atoms with van der Waals surface area (Å²) in [5.41, 5.74) is 1.53. The molecular formula is C16H16N4O3. The maximum Gasteiger partial charge on any atom is 0.414 e.